The van der Waals surface area contributed by atoms with E-state index < -0.39 is 0 Å². The lowest BCUT2D eigenvalue weighted by Gasteiger charge is -2.26. The van der Waals surface area contributed by atoms with Crippen LogP contribution in [0, 0.1) is 0 Å². The summed E-state index contributed by atoms with van der Waals surface area (Å²) in [6.07, 6.45) is 0. The van der Waals surface area contributed by atoms with E-state index in [1.54, 1.807) is 0 Å². The van der Waals surface area contributed by atoms with Crippen LogP contribution in [0.3, 0.4) is 0 Å². The maximum Gasteiger partial charge on any atom is 0.227 e. The number of fused-ring (bicyclic) bond motifs is 6. The number of oxazole rings is 1. The first-order valence-corrected chi connectivity index (χ1v) is 17.9. The number of hydrogen-bond donors (Lipinski definition) is 0. The number of aromatic nitrogens is 1. The van der Waals surface area contributed by atoms with E-state index in [9.17, 15) is 0 Å². The Bertz CT molecular complexity index is 2840. The predicted octanol–water partition coefficient (Wildman–Crippen LogP) is 13.8. The van der Waals surface area contributed by atoms with Gasteiger partial charge in [0, 0.05) is 48.2 Å². The smallest absolute Gasteiger partial charge is 0.227 e. The molecular weight excluding hydrogens is 641 g/mol. The first-order chi connectivity index (χ1) is 25.3. The summed E-state index contributed by atoms with van der Waals surface area (Å²) in [5, 5.41) is 4.83. The van der Waals surface area contributed by atoms with E-state index in [-0.39, 0.29) is 0 Å². The van der Waals surface area contributed by atoms with Gasteiger partial charge in [0.15, 0.2) is 5.58 Å². The third-order valence-corrected chi connectivity index (χ3v) is 10.9. The molecule has 51 heavy (non-hydrogen) atoms. The molecule has 2 heterocycles. The van der Waals surface area contributed by atoms with E-state index in [0.717, 1.165) is 55.6 Å². The molecule has 0 aliphatic rings. The molecule has 240 valence electrons. The summed E-state index contributed by atoms with van der Waals surface area (Å²) in [4.78, 5) is 7.30. The Kier molecular flexibility index (Phi) is 7.00. The van der Waals surface area contributed by atoms with Crippen molar-refractivity contribution in [2.24, 2.45) is 0 Å². The molecule has 8 aromatic carbocycles. The second kappa shape index (κ2) is 12.1. The van der Waals surface area contributed by atoms with Crippen molar-refractivity contribution in [3.63, 3.8) is 0 Å². The molecule has 0 saturated carbocycles. The van der Waals surface area contributed by atoms with Crippen molar-refractivity contribution in [3.05, 3.63) is 182 Å². The highest BCUT2D eigenvalue weighted by molar-refractivity contribution is 7.25. The van der Waals surface area contributed by atoms with E-state index in [0.29, 0.717) is 5.89 Å². The van der Waals surface area contributed by atoms with Crippen LogP contribution in [0.2, 0.25) is 0 Å². The van der Waals surface area contributed by atoms with Gasteiger partial charge in [0.2, 0.25) is 5.89 Å². The summed E-state index contributed by atoms with van der Waals surface area (Å²) in [7, 11) is 0. The van der Waals surface area contributed by atoms with Crippen molar-refractivity contribution in [3.8, 4) is 33.7 Å². The van der Waals surface area contributed by atoms with Gasteiger partial charge in [-0.2, -0.15) is 0 Å². The monoisotopic (exact) mass is 670 g/mol. The van der Waals surface area contributed by atoms with Crippen LogP contribution in [-0.4, -0.2) is 4.98 Å². The van der Waals surface area contributed by atoms with Crippen LogP contribution in [0.4, 0.5) is 17.1 Å². The molecule has 0 N–H and O–H groups in total. The van der Waals surface area contributed by atoms with Crippen molar-refractivity contribution in [1.82, 2.24) is 4.98 Å². The summed E-state index contributed by atoms with van der Waals surface area (Å²) >= 11 is 1.85. The highest BCUT2D eigenvalue weighted by atomic mass is 32.1. The minimum absolute atomic E-state index is 0.638. The van der Waals surface area contributed by atoms with Gasteiger partial charge in [0.05, 0.1) is 0 Å². The fourth-order valence-corrected chi connectivity index (χ4v) is 8.37. The number of rotatable bonds is 6. The molecule has 4 heteroatoms. The highest BCUT2D eigenvalue weighted by Gasteiger charge is 2.17. The lowest BCUT2D eigenvalue weighted by molar-refractivity contribution is 0.620. The first-order valence-electron chi connectivity index (χ1n) is 17.1. The summed E-state index contributed by atoms with van der Waals surface area (Å²) < 4.78 is 8.78. The van der Waals surface area contributed by atoms with Crippen LogP contribution in [0.25, 0.3) is 75.8 Å². The number of hydrogen-bond acceptors (Lipinski definition) is 4. The van der Waals surface area contributed by atoms with Crippen molar-refractivity contribution in [2.75, 3.05) is 4.90 Å². The normalized spacial score (nSPS) is 11.5. The van der Waals surface area contributed by atoms with Gasteiger partial charge in [-0.25, -0.2) is 4.98 Å². The fraction of sp³-hybridized carbons (Fsp3) is 0. The van der Waals surface area contributed by atoms with E-state index in [1.165, 1.54) is 31.3 Å². The predicted molar refractivity (Wildman–Crippen MR) is 215 cm³/mol. The van der Waals surface area contributed by atoms with Gasteiger partial charge in [-0.05, 0) is 94.4 Å². The maximum atomic E-state index is 6.19. The van der Waals surface area contributed by atoms with Gasteiger partial charge in [-0.1, -0.05) is 115 Å². The molecule has 0 aliphatic heterocycles. The van der Waals surface area contributed by atoms with Crippen molar-refractivity contribution >= 4 is 70.4 Å². The zero-order valence-corrected chi connectivity index (χ0v) is 28.3. The Labute approximate surface area is 299 Å². The van der Waals surface area contributed by atoms with Crippen LogP contribution in [0.15, 0.2) is 186 Å². The number of nitrogens with zero attached hydrogens (tertiary/aromatic N) is 2. The van der Waals surface area contributed by atoms with Gasteiger partial charge in [0.25, 0.3) is 0 Å². The third-order valence-electron chi connectivity index (χ3n) is 9.73. The van der Waals surface area contributed by atoms with Gasteiger partial charge in [-0.3, -0.25) is 0 Å². The van der Waals surface area contributed by atoms with Crippen LogP contribution >= 0.6 is 11.3 Å². The lowest BCUT2D eigenvalue weighted by atomic mass is 9.97. The number of anilines is 3. The minimum Gasteiger partial charge on any atom is -0.436 e. The lowest BCUT2D eigenvalue weighted by Crippen LogP contribution is -2.09. The van der Waals surface area contributed by atoms with Gasteiger partial charge in [0.1, 0.15) is 5.52 Å². The molecule has 0 spiro atoms. The van der Waals surface area contributed by atoms with Crippen molar-refractivity contribution in [1.29, 1.82) is 0 Å². The second-order valence-electron chi connectivity index (χ2n) is 12.8. The molecule has 3 nitrogen and oxygen atoms in total. The Morgan fingerprint density at radius 3 is 1.76 bits per heavy atom. The molecule has 0 aliphatic carbocycles. The molecule has 0 amide bonds. The number of thiophene rings is 1. The van der Waals surface area contributed by atoms with Crippen molar-refractivity contribution in [2.45, 2.75) is 0 Å². The average molecular weight is 671 g/mol. The van der Waals surface area contributed by atoms with E-state index >= 15 is 0 Å². The molecule has 0 unspecified atom stereocenters. The highest BCUT2D eigenvalue weighted by Crippen LogP contribution is 2.42. The van der Waals surface area contributed by atoms with E-state index in [1.807, 2.05) is 47.7 Å². The largest absolute Gasteiger partial charge is 0.436 e. The van der Waals surface area contributed by atoms with E-state index in [2.05, 4.69) is 150 Å². The average Bonchev–Trinajstić information content (AvgIpc) is 3.81. The molecule has 0 saturated heterocycles. The fourth-order valence-electron chi connectivity index (χ4n) is 7.23. The van der Waals surface area contributed by atoms with Crippen molar-refractivity contribution < 1.29 is 4.42 Å². The SMILES string of the molecule is c1ccc(-c2ccc(N(c3ccc(-c4cccc5c4ccc4oc(-c6ccccc6)nc45)cc3)c3ccc4c(c3)sc3ccccc34)cc2)cc1. The van der Waals surface area contributed by atoms with Gasteiger partial charge >= 0.3 is 0 Å². The molecule has 10 rings (SSSR count). The molecule has 2 aromatic heterocycles. The topological polar surface area (TPSA) is 29.3 Å². The van der Waals surface area contributed by atoms with Gasteiger partial charge < -0.3 is 9.32 Å². The summed E-state index contributed by atoms with van der Waals surface area (Å²) in [6, 6.07) is 64.6. The minimum atomic E-state index is 0.638. The molecule has 10 aromatic rings. The number of benzene rings is 8. The van der Waals surface area contributed by atoms with Gasteiger partial charge in [-0.15, -0.1) is 11.3 Å². The van der Waals surface area contributed by atoms with Crippen LogP contribution < -0.4 is 4.90 Å². The quantitative estimate of drug-likeness (QED) is 0.176. The maximum absolute atomic E-state index is 6.19. The van der Waals surface area contributed by atoms with Crippen LogP contribution in [0.5, 0.6) is 0 Å². The second-order valence-corrected chi connectivity index (χ2v) is 13.9. The zero-order valence-electron chi connectivity index (χ0n) is 27.5. The zero-order chi connectivity index (χ0) is 33.7. The molecule has 0 fully saturated rings. The third kappa shape index (κ3) is 5.16. The summed E-state index contributed by atoms with van der Waals surface area (Å²) in [6.45, 7) is 0. The molecule has 0 radical (unpaired) electrons. The Morgan fingerprint density at radius 2 is 1.00 bits per heavy atom. The Balaban J connectivity index is 1.06. The Hall–Kier alpha value is -6.49. The summed E-state index contributed by atoms with van der Waals surface area (Å²) in [5.41, 5.74) is 10.7. The Morgan fingerprint density at radius 1 is 0.412 bits per heavy atom. The first kappa shape index (κ1) is 29.4. The standard InChI is InChI=1S/C47H30N2OS/c1-3-10-31(11-4-1)32-18-22-35(23-19-32)49(37-26-27-41-40-14-7-8-17-44(40)51-45(41)30-37)36-24-20-33(21-25-36)38-15-9-16-42-39(38)28-29-43-46(42)48-47(50-43)34-12-5-2-6-13-34/h1-30H. The molecular formula is C47H30N2OS. The molecule has 0 bridgehead atoms. The van der Waals surface area contributed by atoms with E-state index in [4.69, 9.17) is 9.40 Å². The molecule has 0 atom stereocenters. The van der Waals surface area contributed by atoms with Crippen LogP contribution in [-0.2, 0) is 0 Å². The summed E-state index contributed by atoms with van der Waals surface area (Å²) in [5.74, 6) is 0.638. The van der Waals surface area contributed by atoms with Crippen LogP contribution in [0.1, 0.15) is 0 Å².